The molecule has 0 atom stereocenters. The van der Waals surface area contributed by atoms with Gasteiger partial charge in [0.25, 0.3) is 0 Å². The molecule has 2 aromatic heterocycles. The molecule has 7 nitrogen and oxygen atoms in total. The molecule has 0 aliphatic carbocycles. The fourth-order valence-electron chi connectivity index (χ4n) is 2.48. The van der Waals surface area contributed by atoms with Crippen molar-refractivity contribution < 1.29 is 4.39 Å². The summed E-state index contributed by atoms with van der Waals surface area (Å²) in [5.41, 5.74) is 7.69. The van der Waals surface area contributed by atoms with E-state index >= 15 is 0 Å². The molecule has 2 heterocycles. The Labute approximate surface area is 145 Å². The fraction of sp³-hybridized carbons (Fsp3) is 0.353. The van der Waals surface area contributed by atoms with Crippen LogP contribution in [0.1, 0.15) is 19.8 Å². The summed E-state index contributed by atoms with van der Waals surface area (Å²) in [6.45, 7) is 4.21. The number of nitrogens with one attached hydrogen (secondary N) is 2. The van der Waals surface area contributed by atoms with Crippen molar-refractivity contribution in [3.05, 3.63) is 36.4 Å². The quantitative estimate of drug-likeness (QED) is 0.545. The summed E-state index contributed by atoms with van der Waals surface area (Å²) < 4.78 is 15.1. The number of anilines is 3. The minimum absolute atomic E-state index is 0.282. The highest BCUT2D eigenvalue weighted by atomic mass is 19.1. The van der Waals surface area contributed by atoms with Gasteiger partial charge in [-0.05, 0) is 50.6 Å². The molecule has 0 amide bonds. The molecule has 0 bridgehead atoms. The van der Waals surface area contributed by atoms with Gasteiger partial charge in [0.1, 0.15) is 5.82 Å². The first kappa shape index (κ1) is 17.1. The summed E-state index contributed by atoms with van der Waals surface area (Å²) in [4.78, 5) is 13.5. The van der Waals surface area contributed by atoms with Crippen LogP contribution in [0.4, 0.5) is 21.8 Å². The number of hydrogen-bond acceptors (Lipinski definition) is 6. The summed E-state index contributed by atoms with van der Waals surface area (Å²) in [5.74, 6) is 0.838. The van der Waals surface area contributed by atoms with E-state index in [1.807, 2.05) is 11.5 Å². The molecule has 25 heavy (non-hydrogen) atoms. The third kappa shape index (κ3) is 4.03. The van der Waals surface area contributed by atoms with Gasteiger partial charge >= 0.3 is 0 Å². The normalized spacial score (nSPS) is 11.0. The van der Waals surface area contributed by atoms with Gasteiger partial charge in [0, 0.05) is 18.8 Å². The molecule has 132 valence electrons. The number of fused-ring (bicyclic) bond motifs is 1. The number of halogens is 1. The zero-order valence-electron chi connectivity index (χ0n) is 14.2. The third-order valence-electron chi connectivity index (χ3n) is 3.83. The zero-order chi connectivity index (χ0) is 17.6. The largest absolute Gasteiger partial charge is 0.354 e. The molecule has 1 aromatic carbocycles. The third-order valence-corrected chi connectivity index (χ3v) is 3.83. The first-order valence-corrected chi connectivity index (χ1v) is 8.40. The van der Waals surface area contributed by atoms with E-state index < -0.39 is 0 Å². The number of nitrogens with zero attached hydrogens (tertiary/aromatic N) is 4. The van der Waals surface area contributed by atoms with Crippen molar-refractivity contribution in [1.82, 2.24) is 19.5 Å². The van der Waals surface area contributed by atoms with Crippen molar-refractivity contribution in [3.63, 3.8) is 0 Å². The van der Waals surface area contributed by atoms with Gasteiger partial charge in [0.05, 0.1) is 6.33 Å². The number of nitrogens with two attached hydrogens (primary N) is 1. The Hall–Kier alpha value is -2.74. The smallest absolute Gasteiger partial charge is 0.226 e. The topological polar surface area (TPSA) is 93.7 Å². The van der Waals surface area contributed by atoms with E-state index in [-0.39, 0.29) is 5.82 Å². The van der Waals surface area contributed by atoms with Crippen LogP contribution in [0.5, 0.6) is 0 Å². The van der Waals surface area contributed by atoms with Gasteiger partial charge in [0.15, 0.2) is 17.0 Å². The molecule has 0 saturated carbocycles. The van der Waals surface area contributed by atoms with Crippen molar-refractivity contribution in [2.75, 3.05) is 23.7 Å². The molecule has 4 N–H and O–H groups in total. The highest BCUT2D eigenvalue weighted by Crippen LogP contribution is 2.24. The minimum atomic E-state index is -0.282. The van der Waals surface area contributed by atoms with Crippen LogP contribution in [0.2, 0.25) is 0 Å². The van der Waals surface area contributed by atoms with E-state index in [0.29, 0.717) is 23.8 Å². The van der Waals surface area contributed by atoms with Gasteiger partial charge in [-0.1, -0.05) is 0 Å². The molecule has 0 aliphatic heterocycles. The highest BCUT2D eigenvalue weighted by Gasteiger charge is 2.13. The van der Waals surface area contributed by atoms with E-state index in [1.54, 1.807) is 18.5 Å². The average molecular weight is 343 g/mol. The summed E-state index contributed by atoms with van der Waals surface area (Å²) in [6.07, 6.45) is 3.64. The van der Waals surface area contributed by atoms with E-state index in [4.69, 9.17) is 5.73 Å². The van der Waals surface area contributed by atoms with Gasteiger partial charge in [0.2, 0.25) is 5.95 Å². The molecule has 0 unspecified atom stereocenters. The first-order valence-electron chi connectivity index (χ1n) is 8.40. The van der Waals surface area contributed by atoms with Crippen LogP contribution in [-0.4, -0.2) is 32.6 Å². The lowest BCUT2D eigenvalue weighted by Gasteiger charge is -2.10. The van der Waals surface area contributed by atoms with Crippen LogP contribution in [0, 0.1) is 5.82 Å². The Morgan fingerprint density at radius 3 is 2.68 bits per heavy atom. The monoisotopic (exact) mass is 343 g/mol. The fourth-order valence-corrected chi connectivity index (χ4v) is 2.48. The Bertz CT molecular complexity index is 829. The Morgan fingerprint density at radius 1 is 1.16 bits per heavy atom. The number of hydrogen-bond donors (Lipinski definition) is 3. The zero-order valence-corrected chi connectivity index (χ0v) is 14.2. The Balaban J connectivity index is 1.91. The summed E-state index contributed by atoms with van der Waals surface area (Å²) in [5, 5.41) is 6.43. The Morgan fingerprint density at radius 2 is 1.96 bits per heavy atom. The van der Waals surface area contributed by atoms with E-state index in [2.05, 4.69) is 25.6 Å². The molecule has 0 spiro atoms. The van der Waals surface area contributed by atoms with Crippen molar-refractivity contribution in [2.45, 2.75) is 26.3 Å². The summed E-state index contributed by atoms with van der Waals surface area (Å²) in [6, 6.07) is 6.12. The number of unbranched alkanes of at least 4 members (excludes halogenated alkanes) is 1. The van der Waals surface area contributed by atoms with Crippen molar-refractivity contribution in [2.24, 2.45) is 5.73 Å². The lowest BCUT2D eigenvalue weighted by atomic mass is 10.3. The molecule has 0 radical (unpaired) electrons. The van der Waals surface area contributed by atoms with Crippen LogP contribution in [-0.2, 0) is 6.54 Å². The molecule has 0 fully saturated rings. The highest BCUT2D eigenvalue weighted by molar-refractivity contribution is 5.86. The second-order valence-corrected chi connectivity index (χ2v) is 5.65. The number of imidazole rings is 1. The van der Waals surface area contributed by atoms with Crippen molar-refractivity contribution in [1.29, 1.82) is 0 Å². The molecular formula is C17H22FN7. The maximum Gasteiger partial charge on any atom is 0.226 e. The van der Waals surface area contributed by atoms with E-state index in [1.165, 1.54) is 12.1 Å². The number of aryl methyl sites for hydroxylation is 1. The number of aromatic nitrogens is 4. The second kappa shape index (κ2) is 7.89. The van der Waals surface area contributed by atoms with Gasteiger partial charge in [-0.2, -0.15) is 9.97 Å². The number of rotatable bonds is 8. The number of benzene rings is 1. The minimum Gasteiger partial charge on any atom is -0.354 e. The molecule has 8 heteroatoms. The van der Waals surface area contributed by atoms with E-state index in [0.717, 1.165) is 37.3 Å². The molecule has 0 saturated heterocycles. The SMILES string of the molecule is CCn1cnc2c(Nc3ccc(F)cc3)nc(NCCCCN)nc21. The Kier molecular flexibility index (Phi) is 5.39. The summed E-state index contributed by atoms with van der Waals surface area (Å²) in [7, 11) is 0. The lowest BCUT2D eigenvalue weighted by Crippen LogP contribution is -2.10. The molecule has 0 aliphatic rings. The van der Waals surface area contributed by atoms with Crippen LogP contribution in [0.25, 0.3) is 11.2 Å². The van der Waals surface area contributed by atoms with Crippen molar-refractivity contribution in [3.8, 4) is 0 Å². The van der Waals surface area contributed by atoms with Crippen molar-refractivity contribution >= 4 is 28.6 Å². The van der Waals surface area contributed by atoms with Gasteiger partial charge in [-0.15, -0.1) is 0 Å². The van der Waals surface area contributed by atoms with Crippen LogP contribution >= 0.6 is 0 Å². The maximum absolute atomic E-state index is 13.1. The van der Waals surface area contributed by atoms with Crippen LogP contribution < -0.4 is 16.4 Å². The standard InChI is InChI=1S/C17H22FN7/c1-2-25-11-21-14-15(22-13-7-5-12(18)6-8-13)23-17(24-16(14)25)20-10-4-3-9-19/h5-8,11H,2-4,9-10,19H2,1H3,(H2,20,22,23,24). The first-order chi connectivity index (χ1) is 12.2. The predicted octanol–water partition coefficient (Wildman–Crippen LogP) is 2.88. The lowest BCUT2D eigenvalue weighted by molar-refractivity contribution is 0.628. The van der Waals surface area contributed by atoms with E-state index in [9.17, 15) is 4.39 Å². The molecule has 3 rings (SSSR count). The predicted molar refractivity (Wildman–Crippen MR) is 97.5 cm³/mol. The van der Waals surface area contributed by atoms with Crippen LogP contribution in [0.3, 0.4) is 0 Å². The summed E-state index contributed by atoms with van der Waals surface area (Å²) >= 11 is 0. The maximum atomic E-state index is 13.1. The van der Waals surface area contributed by atoms with Gasteiger partial charge < -0.3 is 20.9 Å². The molecular weight excluding hydrogens is 321 g/mol. The second-order valence-electron chi connectivity index (χ2n) is 5.65. The van der Waals surface area contributed by atoms with Crippen LogP contribution in [0.15, 0.2) is 30.6 Å². The molecule has 3 aromatic rings. The van der Waals surface area contributed by atoms with Gasteiger partial charge in [-0.25, -0.2) is 9.37 Å². The van der Waals surface area contributed by atoms with Gasteiger partial charge in [-0.3, -0.25) is 0 Å². The average Bonchev–Trinajstić information content (AvgIpc) is 3.04.